The van der Waals surface area contributed by atoms with E-state index in [-0.39, 0.29) is 35.2 Å². The van der Waals surface area contributed by atoms with Crippen LogP contribution in [-0.4, -0.2) is 129 Å². The van der Waals surface area contributed by atoms with E-state index in [4.69, 9.17) is 23.3 Å². The molecule has 0 bridgehead atoms. The zero-order valence-electron chi connectivity index (χ0n) is 39.0. The van der Waals surface area contributed by atoms with Gasteiger partial charge < -0.3 is 39.1 Å². The van der Waals surface area contributed by atoms with Crippen LogP contribution in [0.1, 0.15) is 83.0 Å². The van der Waals surface area contributed by atoms with Crippen LogP contribution in [0.5, 0.6) is 5.75 Å². The number of nitrogens with zero attached hydrogens (tertiary/aromatic N) is 4. The van der Waals surface area contributed by atoms with Crippen molar-refractivity contribution in [3.8, 4) is 5.75 Å². The second-order valence-corrected chi connectivity index (χ2v) is 21.7. The highest BCUT2D eigenvalue weighted by Gasteiger charge is 2.56. The molecule has 2 fully saturated rings. The standard InChI is InChI=1S/C45H60F2N5O12PS/c1-28(53)51-20-19-32-14-17-35(40(56)50(10)31-12-15-33(16-13-31)60-22-21-49(8)9)52(32)39(55)34(25-51)48-38(54)37-24-29-23-30(11-18-36(29)66-37)45(46,47)65(59,63-26-61-41(57)43(2,3)4)64-27-62-42(58)44(5,6)7/h11-13,15-16,18,23-24,32,34-35H,14,17,19-22,25-27H2,1-10H3,(H,48,54)/t32-,34?,35+/m1/s1. The lowest BCUT2D eigenvalue weighted by Crippen LogP contribution is -2.61. The molecule has 0 radical (unpaired) electrons. The molecule has 0 spiro atoms. The molecule has 1 aromatic heterocycles. The first-order valence-corrected chi connectivity index (χ1v) is 23.8. The van der Waals surface area contributed by atoms with Crippen molar-refractivity contribution in [3.63, 3.8) is 0 Å². The number of esters is 2. The van der Waals surface area contributed by atoms with Crippen LogP contribution >= 0.6 is 18.9 Å². The van der Waals surface area contributed by atoms with E-state index < -0.39 is 85.1 Å². The molecule has 2 saturated heterocycles. The molecule has 2 aliphatic heterocycles. The Morgan fingerprint density at radius 2 is 1.47 bits per heavy atom. The molecule has 2 aromatic carbocycles. The van der Waals surface area contributed by atoms with E-state index in [0.717, 1.165) is 30.0 Å². The fraction of sp³-hybridized carbons (Fsp3) is 0.556. The minimum Gasteiger partial charge on any atom is -0.492 e. The van der Waals surface area contributed by atoms with Gasteiger partial charge in [0.2, 0.25) is 31.3 Å². The van der Waals surface area contributed by atoms with E-state index in [1.54, 1.807) is 31.3 Å². The summed E-state index contributed by atoms with van der Waals surface area (Å²) in [5.41, 5.74) is -6.77. The lowest BCUT2D eigenvalue weighted by Gasteiger charge is -2.39. The van der Waals surface area contributed by atoms with E-state index in [2.05, 4.69) is 5.32 Å². The minimum atomic E-state index is -5.63. The van der Waals surface area contributed by atoms with Gasteiger partial charge in [-0.25, -0.2) is 0 Å². The van der Waals surface area contributed by atoms with Gasteiger partial charge in [0.15, 0.2) is 0 Å². The molecule has 0 saturated carbocycles. The number of rotatable bonds is 16. The minimum absolute atomic E-state index is 0.0213. The molecule has 0 aliphatic carbocycles. The predicted octanol–water partition coefficient (Wildman–Crippen LogP) is 6.58. The number of likely N-dealkylation sites (N-methyl/N-ethyl adjacent to an activating group) is 2. The summed E-state index contributed by atoms with van der Waals surface area (Å²) in [6.07, 6.45) is 1.29. The summed E-state index contributed by atoms with van der Waals surface area (Å²) < 4.78 is 72.7. The van der Waals surface area contributed by atoms with E-state index in [9.17, 15) is 33.3 Å². The van der Waals surface area contributed by atoms with Crippen molar-refractivity contribution >= 4 is 70.3 Å². The number of thiophene rings is 1. The summed E-state index contributed by atoms with van der Waals surface area (Å²) in [5.74, 6) is -2.95. The molecular formula is C45H60F2N5O12PS. The first-order valence-electron chi connectivity index (χ1n) is 21.4. The SMILES string of the molecule is CC(=O)N1CC[C@H]2CC[C@@H](C(=O)N(C)c3ccc(OCCN(C)C)cc3)N2C(=O)C(NC(=O)c2cc3cc(C(F)(F)P(=O)(OCOC(=O)C(C)(C)C)OCOC(=O)C(C)(C)C)ccc3s2)C1. The third-order valence-corrected chi connectivity index (χ3v) is 14.0. The second-order valence-electron chi connectivity index (χ2n) is 18.6. The first-order chi connectivity index (χ1) is 30.7. The molecule has 362 valence electrons. The summed E-state index contributed by atoms with van der Waals surface area (Å²) in [5, 5.41) is 2.87. The molecular weight excluding hydrogens is 904 g/mol. The third-order valence-electron chi connectivity index (χ3n) is 11.1. The Morgan fingerprint density at radius 3 is 2.03 bits per heavy atom. The highest BCUT2D eigenvalue weighted by atomic mass is 32.1. The van der Waals surface area contributed by atoms with Gasteiger partial charge in [-0.3, -0.25) is 42.4 Å². The van der Waals surface area contributed by atoms with Gasteiger partial charge in [-0.1, -0.05) is 6.07 Å². The largest absolute Gasteiger partial charge is 0.492 e. The molecule has 3 aromatic rings. The highest BCUT2D eigenvalue weighted by molar-refractivity contribution is 7.54. The fourth-order valence-corrected chi connectivity index (χ4v) is 9.32. The molecule has 5 rings (SSSR count). The summed E-state index contributed by atoms with van der Waals surface area (Å²) in [6.45, 7) is 9.41. The van der Waals surface area contributed by atoms with Crippen LogP contribution < -0.4 is 15.0 Å². The summed E-state index contributed by atoms with van der Waals surface area (Å²) in [6, 6.07) is 9.06. The molecule has 17 nitrogen and oxygen atoms in total. The van der Waals surface area contributed by atoms with Crippen LogP contribution in [0.2, 0.25) is 0 Å². The maximum atomic E-state index is 16.4. The van der Waals surface area contributed by atoms with Gasteiger partial charge >= 0.3 is 25.2 Å². The van der Waals surface area contributed by atoms with E-state index in [1.807, 2.05) is 19.0 Å². The van der Waals surface area contributed by atoms with Gasteiger partial charge in [0.25, 0.3) is 5.91 Å². The Kier molecular flexibility index (Phi) is 16.4. The number of carbonyl (C=O) groups excluding carboxylic acids is 6. The number of hydrogen-bond donors (Lipinski definition) is 1. The zero-order chi connectivity index (χ0) is 48.9. The van der Waals surface area contributed by atoms with Gasteiger partial charge in [0, 0.05) is 55.6 Å². The predicted molar refractivity (Wildman–Crippen MR) is 242 cm³/mol. The Labute approximate surface area is 387 Å². The molecule has 66 heavy (non-hydrogen) atoms. The number of alkyl halides is 2. The average molecular weight is 964 g/mol. The van der Waals surface area contributed by atoms with E-state index in [0.29, 0.717) is 42.0 Å². The zero-order valence-corrected chi connectivity index (χ0v) is 40.7. The summed E-state index contributed by atoms with van der Waals surface area (Å²) in [7, 11) is -0.119. The summed E-state index contributed by atoms with van der Waals surface area (Å²) in [4.78, 5) is 86.5. The lowest BCUT2D eigenvalue weighted by atomic mass is 9.98. The van der Waals surface area contributed by atoms with Crippen LogP contribution in [0.15, 0.2) is 48.5 Å². The van der Waals surface area contributed by atoms with Gasteiger partial charge in [-0.2, -0.15) is 8.78 Å². The van der Waals surface area contributed by atoms with Crippen LogP contribution in [0, 0.1) is 10.8 Å². The van der Waals surface area contributed by atoms with Crippen molar-refractivity contribution < 1.29 is 65.4 Å². The highest BCUT2D eigenvalue weighted by Crippen LogP contribution is 2.67. The fourth-order valence-electron chi connectivity index (χ4n) is 7.13. The molecule has 1 unspecified atom stereocenters. The Hall–Kier alpha value is -5.01. The number of benzene rings is 2. The van der Waals surface area contributed by atoms with E-state index >= 15 is 8.78 Å². The topological polar surface area (TPSA) is 191 Å². The van der Waals surface area contributed by atoms with Gasteiger partial charge in [-0.15, -0.1) is 11.3 Å². The van der Waals surface area contributed by atoms with Crippen LogP contribution in [0.4, 0.5) is 14.5 Å². The van der Waals surface area contributed by atoms with Crippen LogP contribution in [-0.2, 0) is 52.7 Å². The van der Waals surface area contributed by atoms with Crippen molar-refractivity contribution in [3.05, 3.63) is 59.0 Å². The van der Waals surface area contributed by atoms with Gasteiger partial charge in [0.1, 0.15) is 24.4 Å². The normalized spacial score (nSPS) is 18.4. The Bertz CT molecular complexity index is 2290. The number of anilines is 1. The maximum absolute atomic E-state index is 16.4. The van der Waals surface area contributed by atoms with Crippen molar-refractivity contribution in [2.24, 2.45) is 10.8 Å². The monoisotopic (exact) mass is 963 g/mol. The Morgan fingerprint density at radius 1 is 0.864 bits per heavy atom. The van der Waals surface area contributed by atoms with Gasteiger partial charge in [-0.05, 0) is 123 Å². The number of fused-ring (bicyclic) bond motifs is 2. The van der Waals surface area contributed by atoms with Crippen LogP contribution in [0.25, 0.3) is 10.1 Å². The van der Waals surface area contributed by atoms with Crippen molar-refractivity contribution in [2.75, 3.05) is 65.9 Å². The number of halogens is 2. The van der Waals surface area contributed by atoms with Gasteiger partial charge in [0.05, 0.1) is 15.7 Å². The quantitative estimate of drug-likeness (QED) is 0.0921. The average Bonchev–Trinajstić information content (AvgIpc) is 3.87. The maximum Gasteiger partial charge on any atom is 0.410 e. The van der Waals surface area contributed by atoms with E-state index in [1.165, 1.54) is 75.3 Å². The molecule has 3 heterocycles. The molecule has 21 heteroatoms. The number of hydrogen-bond acceptors (Lipinski definition) is 14. The van der Waals surface area contributed by atoms with Crippen molar-refractivity contribution in [2.45, 2.75) is 91.5 Å². The number of ether oxygens (including phenoxy) is 3. The first kappa shape index (κ1) is 52.0. The molecule has 3 atom stereocenters. The summed E-state index contributed by atoms with van der Waals surface area (Å²) >= 11 is 0.929. The van der Waals surface area contributed by atoms with Crippen molar-refractivity contribution in [1.29, 1.82) is 0 Å². The number of amides is 4. The smallest absolute Gasteiger partial charge is 0.410 e. The van der Waals surface area contributed by atoms with Crippen LogP contribution in [0.3, 0.4) is 0 Å². The molecule has 4 amide bonds. The number of nitrogens with one attached hydrogen (secondary N) is 1. The lowest BCUT2D eigenvalue weighted by molar-refractivity contribution is -0.163. The number of carbonyl (C=O) groups is 6. The molecule has 2 aliphatic rings. The molecule has 1 N–H and O–H groups in total. The Balaban J connectivity index is 1.36. The van der Waals surface area contributed by atoms with Crippen molar-refractivity contribution in [1.82, 2.24) is 20.0 Å². The third kappa shape index (κ3) is 12.3. The second kappa shape index (κ2) is 20.9.